The second kappa shape index (κ2) is 19.4. The lowest BCUT2D eigenvalue weighted by Gasteiger charge is -2.27. The van der Waals surface area contributed by atoms with Gasteiger partial charge >= 0.3 is 0 Å². The number of benzene rings is 5. The first kappa shape index (κ1) is 38.8. The summed E-state index contributed by atoms with van der Waals surface area (Å²) in [5, 5.41) is 0. The highest BCUT2D eigenvalue weighted by Gasteiger charge is 2.30. The van der Waals surface area contributed by atoms with Gasteiger partial charge in [0.15, 0.2) is 0 Å². The molecule has 0 unspecified atom stereocenters. The van der Waals surface area contributed by atoms with Gasteiger partial charge in [0, 0.05) is 26.2 Å². The summed E-state index contributed by atoms with van der Waals surface area (Å²) in [6, 6.07) is 31.9. The van der Waals surface area contributed by atoms with E-state index < -0.39 is 5.92 Å². The van der Waals surface area contributed by atoms with E-state index >= 15 is 0 Å². The molecule has 5 rings (SSSR count). The Morgan fingerprint density at radius 2 is 0.962 bits per heavy atom. The molecule has 53 heavy (non-hydrogen) atoms. The first-order valence-electron chi connectivity index (χ1n) is 16.4. The second-order valence-electron chi connectivity index (χ2n) is 11.4. The number of hydrogen-bond acceptors (Lipinski definition) is 5. The highest BCUT2D eigenvalue weighted by Crippen LogP contribution is 2.48. The lowest BCUT2D eigenvalue weighted by Crippen LogP contribution is -2.13. The van der Waals surface area contributed by atoms with Crippen LogP contribution in [0.5, 0.6) is 28.7 Å². The normalized spacial score (nSPS) is 10.2. The molecule has 0 aliphatic carbocycles. The fourth-order valence-corrected chi connectivity index (χ4v) is 7.78. The Kier molecular flexibility index (Phi) is 14.2. The molecule has 0 spiro atoms. The van der Waals surface area contributed by atoms with Gasteiger partial charge in [-0.25, -0.2) is 0 Å². The summed E-state index contributed by atoms with van der Waals surface area (Å²) in [7, 11) is 0. The van der Waals surface area contributed by atoms with Crippen molar-refractivity contribution in [3.63, 3.8) is 0 Å². The molecule has 0 aliphatic heterocycles. The predicted octanol–water partition coefficient (Wildman–Crippen LogP) is 10.0. The molecule has 0 N–H and O–H groups in total. The van der Waals surface area contributed by atoms with Gasteiger partial charge in [-0.15, -0.1) is 25.7 Å². The maximum atomic E-state index is 6.43. The van der Waals surface area contributed by atoms with Gasteiger partial charge in [-0.1, -0.05) is 72.7 Å². The lowest BCUT2D eigenvalue weighted by atomic mass is 9.81. The summed E-state index contributed by atoms with van der Waals surface area (Å²) in [5.41, 5.74) is 6.39. The molecule has 5 aromatic rings. The Bertz CT molecular complexity index is 2100. The first-order valence-corrected chi connectivity index (χ1v) is 18.5. The Balaban J connectivity index is 1.80. The van der Waals surface area contributed by atoms with Crippen LogP contribution in [0, 0.1) is 56.5 Å². The molecule has 0 amide bonds. The molecule has 0 radical (unpaired) electrons. The molecular formula is C46H34I2O5. The largest absolute Gasteiger partial charge is 0.488 e. The van der Waals surface area contributed by atoms with E-state index in [1.54, 1.807) is 6.08 Å². The van der Waals surface area contributed by atoms with Crippen molar-refractivity contribution in [2.45, 2.75) is 5.92 Å². The number of rotatable bonds is 16. The van der Waals surface area contributed by atoms with E-state index in [0.29, 0.717) is 35.4 Å². The Morgan fingerprint density at radius 3 is 1.40 bits per heavy atom. The van der Waals surface area contributed by atoms with E-state index in [9.17, 15) is 0 Å². The molecule has 7 heteroatoms. The molecular weight excluding hydrogens is 886 g/mol. The van der Waals surface area contributed by atoms with Gasteiger partial charge in [-0.05, 0) is 128 Å². The van der Waals surface area contributed by atoms with Crippen LogP contribution in [0.25, 0.3) is 22.3 Å². The number of hydrogen-bond donors (Lipinski definition) is 0. The second-order valence-corrected chi connectivity index (χ2v) is 13.8. The van der Waals surface area contributed by atoms with Crippen LogP contribution in [0.2, 0.25) is 0 Å². The summed E-state index contributed by atoms with van der Waals surface area (Å²) < 4.78 is 32.2. The van der Waals surface area contributed by atoms with Crippen molar-refractivity contribution in [1.29, 1.82) is 0 Å². The quantitative estimate of drug-likeness (QED) is 0.0427. The number of ether oxygens (including phenoxy) is 5. The van der Waals surface area contributed by atoms with Crippen molar-refractivity contribution in [3.8, 4) is 100 Å². The maximum absolute atomic E-state index is 6.43. The third-order valence-corrected chi connectivity index (χ3v) is 9.40. The van der Waals surface area contributed by atoms with Crippen molar-refractivity contribution in [2.24, 2.45) is 0 Å². The molecule has 5 aromatic carbocycles. The predicted molar refractivity (Wildman–Crippen MR) is 230 cm³/mol. The van der Waals surface area contributed by atoms with Gasteiger partial charge in [0.1, 0.15) is 61.8 Å². The smallest absolute Gasteiger partial charge is 0.148 e. The van der Waals surface area contributed by atoms with E-state index in [1.807, 2.05) is 72.8 Å². The van der Waals surface area contributed by atoms with Crippen molar-refractivity contribution in [1.82, 2.24) is 0 Å². The van der Waals surface area contributed by atoms with Crippen LogP contribution >= 0.6 is 45.2 Å². The fourth-order valence-electron chi connectivity index (χ4n) is 5.74. The highest BCUT2D eigenvalue weighted by molar-refractivity contribution is 14.1. The van der Waals surface area contributed by atoms with Gasteiger partial charge < -0.3 is 23.7 Å². The average Bonchev–Trinajstić information content (AvgIpc) is 3.18. The maximum Gasteiger partial charge on any atom is 0.148 e. The van der Waals surface area contributed by atoms with Gasteiger partial charge in [0.2, 0.25) is 0 Å². The molecule has 0 fully saturated rings. The number of halogens is 2. The lowest BCUT2D eigenvalue weighted by molar-refractivity contribution is 0.350. The van der Waals surface area contributed by atoms with Gasteiger partial charge in [0.25, 0.3) is 0 Å². The van der Waals surface area contributed by atoms with Crippen LogP contribution in [0.15, 0.2) is 110 Å². The molecule has 5 nitrogen and oxygen atoms in total. The van der Waals surface area contributed by atoms with E-state index in [1.165, 1.54) is 0 Å². The molecule has 0 heterocycles. The van der Waals surface area contributed by atoms with Crippen LogP contribution < -0.4 is 23.7 Å². The molecule has 0 atom stereocenters. The summed E-state index contributed by atoms with van der Waals surface area (Å²) in [5.74, 6) is 13.0. The molecule has 0 saturated heterocycles. The number of terminal acetylenes is 4. The van der Waals surface area contributed by atoms with Crippen LogP contribution in [0.1, 0.15) is 22.6 Å². The van der Waals surface area contributed by atoms with E-state index in [4.69, 9.17) is 49.4 Å². The standard InChI is InChI=1S/C46H34I2O5/c1-6-23-49-37-17-11-32(12-18-37)34-15-21-43(51-25-8-3)39(28-34)45(41-30-36(47)31-42(48)46(41)53-27-10-5)40-29-35(16-22-44(40)52-26-9-4)33-13-19-38(20-14-33)50-24-7-2/h1-4,10-22,28-31,45H,5,23-27H2. The van der Waals surface area contributed by atoms with Crippen LogP contribution in [-0.4, -0.2) is 33.0 Å². The molecule has 0 aromatic heterocycles. The summed E-state index contributed by atoms with van der Waals surface area (Å²) >= 11 is 4.65. The zero-order chi connectivity index (χ0) is 37.6. The Morgan fingerprint density at radius 1 is 0.528 bits per heavy atom. The topological polar surface area (TPSA) is 46.2 Å². The molecule has 262 valence electrons. The van der Waals surface area contributed by atoms with Crippen molar-refractivity contribution >= 4 is 45.2 Å². The van der Waals surface area contributed by atoms with E-state index in [-0.39, 0.29) is 26.4 Å². The van der Waals surface area contributed by atoms with Crippen LogP contribution in [-0.2, 0) is 0 Å². The van der Waals surface area contributed by atoms with Crippen molar-refractivity contribution < 1.29 is 23.7 Å². The van der Waals surface area contributed by atoms with Gasteiger partial charge in [-0.3, -0.25) is 0 Å². The minimum Gasteiger partial charge on any atom is -0.488 e. The minimum atomic E-state index is -0.491. The Hall–Kier alpha value is -5.46. The van der Waals surface area contributed by atoms with Crippen LogP contribution in [0.4, 0.5) is 0 Å². The van der Waals surface area contributed by atoms with Crippen LogP contribution in [0.3, 0.4) is 0 Å². The molecule has 0 bridgehead atoms. The third kappa shape index (κ3) is 9.91. The summed E-state index contributed by atoms with van der Waals surface area (Å²) in [4.78, 5) is 0. The summed E-state index contributed by atoms with van der Waals surface area (Å²) in [6.07, 6.45) is 24.0. The molecule has 0 aliphatic rings. The van der Waals surface area contributed by atoms with Gasteiger partial charge in [0.05, 0.1) is 3.57 Å². The SMILES string of the molecule is C#CCOc1ccc(-c2ccc(OCC#C)c(C(c3cc(-c4ccc(OCC#C)cc4)ccc3OCC#C)c3cc(I)cc(I)c3OCC=C)c2)cc1. The summed E-state index contributed by atoms with van der Waals surface area (Å²) in [6.45, 7) is 4.71. The zero-order valence-electron chi connectivity index (χ0n) is 28.7. The monoisotopic (exact) mass is 920 g/mol. The zero-order valence-corrected chi connectivity index (χ0v) is 33.1. The minimum absolute atomic E-state index is 0.0680. The van der Waals surface area contributed by atoms with E-state index in [0.717, 1.165) is 46.1 Å². The Labute approximate surface area is 339 Å². The first-order chi connectivity index (χ1) is 25.9. The highest BCUT2D eigenvalue weighted by atomic mass is 127. The van der Waals surface area contributed by atoms with E-state index in [2.05, 4.69) is 99.7 Å². The van der Waals surface area contributed by atoms with Crippen molar-refractivity contribution in [3.05, 3.63) is 134 Å². The third-order valence-electron chi connectivity index (χ3n) is 7.98. The molecule has 0 saturated carbocycles. The fraction of sp³-hybridized carbons (Fsp3) is 0.130. The van der Waals surface area contributed by atoms with Crippen molar-refractivity contribution in [2.75, 3.05) is 33.0 Å². The average molecular weight is 921 g/mol. The van der Waals surface area contributed by atoms with Gasteiger partial charge in [-0.2, -0.15) is 0 Å².